The summed E-state index contributed by atoms with van der Waals surface area (Å²) in [7, 11) is -3.93. The summed E-state index contributed by atoms with van der Waals surface area (Å²) in [6, 6.07) is 10.9. The van der Waals surface area contributed by atoms with Gasteiger partial charge in [0.1, 0.15) is 11.6 Å². The third-order valence-corrected chi connectivity index (χ3v) is 7.24. The van der Waals surface area contributed by atoms with Crippen molar-refractivity contribution in [2.75, 3.05) is 12.3 Å². The number of aromatic nitrogens is 2. The Morgan fingerprint density at radius 2 is 1.78 bits per heavy atom. The zero-order valence-corrected chi connectivity index (χ0v) is 18.3. The molecule has 1 fully saturated rings. The second-order valence-corrected chi connectivity index (χ2v) is 9.86. The Kier molecular flexibility index (Phi) is 6.23. The van der Waals surface area contributed by atoms with E-state index in [1.54, 1.807) is 24.3 Å². The lowest BCUT2D eigenvalue weighted by Gasteiger charge is -2.32. The molecular formula is C23H25FN4O3S. The predicted molar refractivity (Wildman–Crippen MR) is 120 cm³/mol. The lowest BCUT2D eigenvalue weighted by molar-refractivity contribution is 0.00945. The van der Waals surface area contributed by atoms with Gasteiger partial charge in [-0.25, -0.2) is 22.5 Å². The van der Waals surface area contributed by atoms with E-state index in [-0.39, 0.29) is 22.8 Å². The van der Waals surface area contributed by atoms with E-state index in [9.17, 15) is 17.9 Å². The fourth-order valence-corrected chi connectivity index (χ4v) is 5.35. The number of sulfonamides is 1. The number of nitrogens with one attached hydrogen (secondary N) is 1. The third kappa shape index (κ3) is 4.79. The Morgan fingerprint density at radius 3 is 2.47 bits per heavy atom. The van der Waals surface area contributed by atoms with E-state index in [0.717, 1.165) is 19.3 Å². The summed E-state index contributed by atoms with van der Waals surface area (Å²) in [5.74, 6) is -0.325. The van der Waals surface area contributed by atoms with E-state index in [2.05, 4.69) is 14.7 Å². The molecule has 0 radical (unpaired) electrons. The Morgan fingerprint density at radius 1 is 1.03 bits per heavy atom. The number of hydrogen-bond acceptors (Lipinski definition) is 6. The van der Waals surface area contributed by atoms with Crippen molar-refractivity contribution in [1.29, 1.82) is 0 Å². The molecule has 0 unspecified atom stereocenters. The molecule has 32 heavy (non-hydrogen) atoms. The standard InChI is InChI=1S/C23H25FN4O3S/c24-19-12-16(8-9-18(19)20-13-27-22(25)14-26-20)17-6-2-3-7-21(17)32(30,31)28-15-23(29)10-4-1-5-11-23/h2-3,6-9,12-14,28-29H,1,4-5,10-11,15H2,(H2,25,27). The van der Waals surface area contributed by atoms with Crippen molar-refractivity contribution in [3.63, 3.8) is 0 Å². The summed E-state index contributed by atoms with van der Waals surface area (Å²) in [5, 5.41) is 10.7. The van der Waals surface area contributed by atoms with E-state index >= 15 is 0 Å². The molecule has 1 saturated carbocycles. The maximum absolute atomic E-state index is 14.9. The van der Waals surface area contributed by atoms with Gasteiger partial charge in [-0.05, 0) is 36.6 Å². The molecule has 4 rings (SSSR count). The van der Waals surface area contributed by atoms with E-state index in [1.807, 2.05) is 0 Å². The minimum absolute atomic E-state index is 0.0267. The number of halogens is 1. The van der Waals surface area contributed by atoms with Crippen LogP contribution in [-0.2, 0) is 10.0 Å². The van der Waals surface area contributed by atoms with Gasteiger partial charge in [0.25, 0.3) is 0 Å². The number of benzene rings is 2. The zero-order valence-electron chi connectivity index (χ0n) is 17.5. The Bertz CT molecular complexity index is 1210. The quantitative estimate of drug-likeness (QED) is 0.522. The van der Waals surface area contributed by atoms with Gasteiger partial charge < -0.3 is 10.8 Å². The number of rotatable bonds is 6. The molecule has 2 aromatic carbocycles. The summed E-state index contributed by atoms with van der Waals surface area (Å²) in [6.45, 7) is -0.0488. The molecule has 0 spiro atoms. The van der Waals surface area contributed by atoms with Crippen molar-refractivity contribution >= 4 is 15.8 Å². The molecule has 0 saturated heterocycles. The summed E-state index contributed by atoms with van der Waals surface area (Å²) in [4.78, 5) is 8.04. The average Bonchev–Trinajstić information content (AvgIpc) is 2.79. The van der Waals surface area contributed by atoms with Crippen LogP contribution in [0.5, 0.6) is 0 Å². The molecule has 4 N–H and O–H groups in total. The number of hydrogen-bond donors (Lipinski definition) is 3. The minimum Gasteiger partial charge on any atom is -0.389 e. The van der Waals surface area contributed by atoms with E-state index < -0.39 is 21.4 Å². The van der Waals surface area contributed by atoms with Crippen LogP contribution >= 0.6 is 0 Å². The van der Waals surface area contributed by atoms with Crippen LogP contribution in [0.4, 0.5) is 10.2 Å². The van der Waals surface area contributed by atoms with Gasteiger partial charge in [0.15, 0.2) is 0 Å². The predicted octanol–water partition coefficient (Wildman–Crippen LogP) is 3.51. The molecule has 3 aromatic rings. The molecule has 0 amide bonds. The van der Waals surface area contributed by atoms with Crippen LogP contribution in [0.3, 0.4) is 0 Å². The first kappa shape index (κ1) is 22.3. The maximum Gasteiger partial charge on any atom is 0.241 e. The minimum atomic E-state index is -3.93. The molecule has 1 heterocycles. The van der Waals surface area contributed by atoms with Crippen LogP contribution in [0.15, 0.2) is 59.8 Å². The van der Waals surface area contributed by atoms with Crippen molar-refractivity contribution < 1.29 is 17.9 Å². The smallest absolute Gasteiger partial charge is 0.241 e. The first-order chi connectivity index (χ1) is 15.3. The average molecular weight is 457 g/mol. The highest BCUT2D eigenvalue weighted by atomic mass is 32.2. The van der Waals surface area contributed by atoms with Gasteiger partial charge in [-0.2, -0.15) is 0 Å². The van der Waals surface area contributed by atoms with Crippen LogP contribution in [0, 0.1) is 5.82 Å². The van der Waals surface area contributed by atoms with Crippen molar-refractivity contribution in [3.05, 3.63) is 60.7 Å². The van der Waals surface area contributed by atoms with E-state index in [4.69, 9.17) is 5.73 Å². The molecule has 1 aromatic heterocycles. The normalized spacial score (nSPS) is 16.1. The highest BCUT2D eigenvalue weighted by Crippen LogP contribution is 2.32. The van der Waals surface area contributed by atoms with Gasteiger partial charge >= 0.3 is 0 Å². The number of nitrogens with zero attached hydrogens (tertiary/aromatic N) is 2. The van der Waals surface area contributed by atoms with Gasteiger partial charge in [-0.3, -0.25) is 4.98 Å². The van der Waals surface area contributed by atoms with Crippen LogP contribution in [-0.4, -0.2) is 35.6 Å². The zero-order chi connectivity index (χ0) is 22.8. The first-order valence-corrected chi connectivity index (χ1v) is 11.9. The lowest BCUT2D eigenvalue weighted by Crippen LogP contribution is -2.44. The first-order valence-electron chi connectivity index (χ1n) is 10.5. The third-order valence-electron chi connectivity index (χ3n) is 5.78. The van der Waals surface area contributed by atoms with Gasteiger partial charge in [0.2, 0.25) is 10.0 Å². The molecule has 168 valence electrons. The Labute approximate surface area is 186 Å². The van der Waals surface area contributed by atoms with E-state index in [0.29, 0.717) is 29.7 Å². The van der Waals surface area contributed by atoms with Crippen molar-refractivity contribution in [2.45, 2.75) is 42.6 Å². The number of aliphatic hydroxyl groups is 1. The number of nitrogen functional groups attached to an aromatic ring is 1. The Hall–Kier alpha value is -2.88. The highest BCUT2D eigenvalue weighted by Gasteiger charge is 2.31. The fraction of sp³-hybridized carbons (Fsp3) is 0.304. The second kappa shape index (κ2) is 8.93. The summed E-state index contributed by atoms with van der Waals surface area (Å²) in [5.41, 5.74) is 5.84. The molecule has 0 bridgehead atoms. The van der Waals surface area contributed by atoms with Crippen LogP contribution < -0.4 is 10.5 Å². The van der Waals surface area contributed by atoms with Gasteiger partial charge in [0, 0.05) is 17.7 Å². The SMILES string of the molecule is Nc1cnc(-c2ccc(-c3ccccc3S(=O)(=O)NCC3(O)CCCCC3)cc2F)cn1. The lowest BCUT2D eigenvalue weighted by atomic mass is 9.85. The largest absolute Gasteiger partial charge is 0.389 e. The van der Waals surface area contributed by atoms with Crippen LogP contribution in [0.2, 0.25) is 0 Å². The maximum atomic E-state index is 14.9. The van der Waals surface area contributed by atoms with Gasteiger partial charge in [-0.15, -0.1) is 0 Å². The topological polar surface area (TPSA) is 118 Å². The molecular weight excluding hydrogens is 431 g/mol. The van der Waals surface area contributed by atoms with Crippen molar-refractivity contribution in [3.8, 4) is 22.4 Å². The molecule has 0 atom stereocenters. The van der Waals surface area contributed by atoms with Crippen molar-refractivity contribution in [2.24, 2.45) is 0 Å². The Balaban J connectivity index is 1.63. The number of nitrogens with two attached hydrogens (primary N) is 1. The van der Waals surface area contributed by atoms with Gasteiger partial charge in [0.05, 0.1) is 28.6 Å². The summed E-state index contributed by atoms with van der Waals surface area (Å²) in [6.07, 6.45) is 6.65. The number of anilines is 1. The van der Waals surface area contributed by atoms with Crippen LogP contribution in [0.1, 0.15) is 32.1 Å². The molecule has 9 heteroatoms. The van der Waals surface area contributed by atoms with Gasteiger partial charge in [-0.1, -0.05) is 43.5 Å². The fourth-order valence-electron chi connectivity index (χ4n) is 4.00. The summed E-state index contributed by atoms with van der Waals surface area (Å²) < 4.78 is 43.6. The molecule has 1 aliphatic carbocycles. The summed E-state index contributed by atoms with van der Waals surface area (Å²) >= 11 is 0. The molecule has 1 aliphatic rings. The van der Waals surface area contributed by atoms with Crippen molar-refractivity contribution in [1.82, 2.24) is 14.7 Å². The molecule has 7 nitrogen and oxygen atoms in total. The second-order valence-electron chi connectivity index (χ2n) is 8.13. The van der Waals surface area contributed by atoms with Crippen LogP contribution in [0.25, 0.3) is 22.4 Å². The monoisotopic (exact) mass is 456 g/mol. The van der Waals surface area contributed by atoms with E-state index in [1.165, 1.54) is 30.6 Å². The molecule has 0 aliphatic heterocycles. The highest BCUT2D eigenvalue weighted by molar-refractivity contribution is 7.89.